The number of hydrogen-bond acceptors (Lipinski definition) is 6. The van der Waals surface area contributed by atoms with Gasteiger partial charge in [0, 0.05) is 5.69 Å². The number of nitrogens with one attached hydrogen (secondary N) is 2. The van der Waals surface area contributed by atoms with E-state index in [1.165, 1.54) is 6.08 Å². The first kappa shape index (κ1) is 26.2. The molecule has 9 heteroatoms. The second-order valence-electron chi connectivity index (χ2n) is 8.57. The first-order valence-corrected chi connectivity index (χ1v) is 12.0. The lowest BCUT2D eigenvalue weighted by Gasteiger charge is -2.27. The third-order valence-corrected chi connectivity index (χ3v) is 5.85. The van der Waals surface area contributed by atoms with Crippen LogP contribution in [0.2, 0.25) is 0 Å². The summed E-state index contributed by atoms with van der Waals surface area (Å²) in [5.41, 5.74) is 3.19. The Labute approximate surface area is 220 Å². The molecule has 0 saturated carbocycles. The number of hydrogen-bond donors (Lipinski definition) is 2. The van der Waals surface area contributed by atoms with Gasteiger partial charge >= 0.3 is 6.03 Å². The highest BCUT2D eigenvalue weighted by molar-refractivity contribution is 6.39. The molecule has 0 radical (unpaired) electrons. The normalized spacial score (nSPS) is 14.3. The Kier molecular flexibility index (Phi) is 7.86. The molecular formula is C29H27N3O6. The van der Waals surface area contributed by atoms with Gasteiger partial charge in [-0.05, 0) is 79.9 Å². The maximum absolute atomic E-state index is 13.2. The molecule has 1 saturated heterocycles. The van der Waals surface area contributed by atoms with Crippen LogP contribution in [-0.4, -0.2) is 37.0 Å². The van der Waals surface area contributed by atoms with E-state index in [4.69, 9.17) is 9.47 Å². The number of carbonyl (C=O) groups is 4. The molecule has 3 aromatic rings. The van der Waals surface area contributed by atoms with E-state index in [-0.39, 0.29) is 18.1 Å². The van der Waals surface area contributed by atoms with Crippen molar-refractivity contribution in [3.63, 3.8) is 0 Å². The van der Waals surface area contributed by atoms with Crippen molar-refractivity contribution in [1.29, 1.82) is 0 Å². The minimum Gasteiger partial charge on any atom is -0.490 e. The van der Waals surface area contributed by atoms with E-state index in [9.17, 15) is 19.2 Å². The van der Waals surface area contributed by atoms with Gasteiger partial charge in [0.05, 0.1) is 12.3 Å². The lowest BCUT2D eigenvalue weighted by Crippen LogP contribution is -2.54. The topological polar surface area (TPSA) is 114 Å². The van der Waals surface area contributed by atoms with Gasteiger partial charge in [0.1, 0.15) is 5.57 Å². The zero-order chi connectivity index (χ0) is 27.2. The largest absolute Gasteiger partial charge is 0.490 e. The van der Waals surface area contributed by atoms with E-state index in [1.54, 1.807) is 55.5 Å². The van der Waals surface area contributed by atoms with Gasteiger partial charge in [-0.3, -0.25) is 19.7 Å². The van der Waals surface area contributed by atoms with Crippen LogP contribution in [0.1, 0.15) is 23.6 Å². The molecule has 4 rings (SSSR count). The fourth-order valence-electron chi connectivity index (χ4n) is 3.79. The number of rotatable bonds is 8. The molecule has 9 nitrogen and oxygen atoms in total. The van der Waals surface area contributed by atoms with Crippen LogP contribution >= 0.6 is 0 Å². The highest BCUT2D eigenvalue weighted by atomic mass is 16.5. The molecule has 3 aromatic carbocycles. The molecule has 38 heavy (non-hydrogen) atoms. The highest BCUT2D eigenvalue weighted by Crippen LogP contribution is 2.30. The Morgan fingerprint density at radius 3 is 2.39 bits per heavy atom. The van der Waals surface area contributed by atoms with Gasteiger partial charge in [-0.15, -0.1) is 0 Å². The van der Waals surface area contributed by atoms with Gasteiger partial charge in [0.2, 0.25) is 0 Å². The molecule has 0 spiro atoms. The minimum absolute atomic E-state index is 0.207. The zero-order valence-corrected chi connectivity index (χ0v) is 21.2. The number of amides is 5. The van der Waals surface area contributed by atoms with Crippen molar-refractivity contribution in [1.82, 2.24) is 5.32 Å². The number of anilines is 2. The number of para-hydroxylation sites is 1. The molecule has 0 unspecified atom stereocenters. The van der Waals surface area contributed by atoms with Gasteiger partial charge in [-0.2, -0.15) is 0 Å². The van der Waals surface area contributed by atoms with Crippen molar-refractivity contribution in [2.45, 2.75) is 20.8 Å². The zero-order valence-electron chi connectivity index (χ0n) is 21.2. The summed E-state index contributed by atoms with van der Waals surface area (Å²) >= 11 is 0. The smallest absolute Gasteiger partial charge is 0.335 e. The number of imide groups is 2. The number of nitrogens with zero attached hydrogens (tertiary/aromatic N) is 1. The van der Waals surface area contributed by atoms with Crippen LogP contribution < -0.4 is 25.0 Å². The van der Waals surface area contributed by atoms with Crippen molar-refractivity contribution >= 4 is 41.2 Å². The molecule has 0 aliphatic carbocycles. The van der Waals surface area contributed by atoms with Gasteiger partial charge in [0.25, 0.3) is 17.7 Å². The van der Waals surface area contributed by atoms with Crippen LogP contribution in [0.25, 0.3) is 6.08 Å². The van der Waals surface area contributed by atoms with Crippen LogP contribution in [-0.2, 0) is 14.4 Å². The van der Waals surface area contributed by atoms with Crippen molar-refractivity contribution in [2.24, 2.45) is 0 Å². The van der Waals surface area contributed by atoms with E-state index in [0.29, 0.717) is 35.0 Å². The quantitative estimate of drug-likeness (QED) is 0.341. The Hall–Kier alpha value is -4.92. The number of benzene rings is 3. The maximum atomic E-state index is 13.2. The second kappa shape index (κ2) is 11.4. The predicted molar refractivity (Wildman–Crippen MR) is 143 cm³/mol. The van der Waals surface area contributed by atoms with Crippen molar-refractivity contribution in [3.05, 3.63) is 89.0 Å². The number of barbiturate groups is 1. The summed E-state index contributed by atoms with van der Waals surface area (Å²) in [6.07, 6.45) is 1.38. The molecule has 1 aliphatic rings. The summed E-state index contributed by atoms with van der Waals surface area (Å²) < 4.78 is 11.3. The van der Waals surface area contributed by atoms with E-state index in [2.05, 4.69) is 10.6 Å². The molecule has 0 bridgehead atoms. The number of aryl methyl sites for hydroxylation is 2. The van der Waals surface area contributed by atoms with Crippen LogP contribution in [0.3, 0.4) is 0 Å². The monoisotopic (exact) mass is 513 g/mol. The minimum atomic E-state index is -0.812. The van der Waals surface area contributed by atoms with Crippen LogP contribution in [0.15, 0.2) is 72.3 Å². The lowest BCUT2D eigenvalue weighted by molar-refractivity contribution is -0.122. The van der Waals surface area contributed by atoms with Crippen LogP contribution in [0, 0.1) is 13.8 Å². The van der Waals surface area contributed by atoms with E-state index in [1.807, 2.05) is 32.0 Å². The Morgan fingerprint density at radius 1 is 0.921 bits per heavy atom. The third kappa shape index (κ3) is 5.89. The summed E-state index contributed by atoms with van der Waals surface area (Å²) in [6.45, 7) is 5.66. The maximum Gasteiger partial charge on any atom is 0.335 e. The molecule has 194 valence electrons. The molecule has 1 fully saturated rings. The van der Waals surface area contributed by atoms with E-state index >= 15 is 0 Å². The highest BCUT2D eigenvalue weighted by Gasteiger charge is 2.37. The summed E-state index contributed by atoms with van der Waals surface area (Å²) in [6, 6.07) is 18.2. The first-order chi connectivity index (χ1) is 18.3. The molecule has 1 aliphatic heterocycles. The number of carbonyl (C=O) groups excluding carboxylic acids is 4. The average molecular weight is 514 g/mol. The molecule has 0 aromatic heterocycles. The van der Waals surface area contributed by atoms with Gasteiger partial charge < -0.3 is 14.8 Å². The molecule has 2 N–H and O–H groups in total. The molecular weight excluding hydrogens is 486 g/mol. The Morgan fingerprint density at radius 2 is 1.68 bits per heavy atom. The average Bonchev–Trinajstić information content (AvgIpc) is 2.89. The first-order valence-electron chi connectivity index (χ1n) is 12.0. The third-order valence-electron chi connectivity index (χ3n) is 5.85. The number of ether oxygens (including phenoxy) is 2. The van der Waals surface area contributed by atoms with Crippen LogP contribution in [0.4, 0.5) is 16.2 Å². The predicted octanol–water partition coefficient (Wildman–Crippen LogP) is 4.39. The fourth-order valence-corrected chi connectivity index (χ4v) is 3.79. The molecule has 0 atom stereocenters. The Bertz CT molecular complexity index is 1430. The Balaban J connectivity index is 1.55. The summed E-state index contributed by atoms with van der Waals surface area (Å²) in [7, 11) is 0. The molecule has 1 heterocycles. The summed E-state index contributed by atoms with van der Waals surface area (Å²) in [5, 5.41) is 4.96. The summed E-state index contributed by atoms with van der Waals surface area (Å²) in [4.78, 5) is 51.5. The number of urea groups is 1. The van der Waals surface area contributed by atoms with Gasteiger partial charge in [-0.25, -0.2) is 9.69 Å². The fraction of sp³-hybridized carbons (Fsp3) is 0.172. The second-order valence-corrected chi connectivity index (χ2v) is 8.57. The van der Waals surface area contributed by atoms with E-state index < -0.39 is 17.8 Å². The van der Waals surface area contributed by atoms with Crippen molar-refractivity contribution in [3.8, 4) is 11.5 Å². The van der Waals surface area contributed by atoms with Gasteiger partial charge in [0.15, 0.2) is 18.1 Å². The van der Waals surface area contributed by atoms with Crippen LogP contribution in [0.5, 0.6) is 11.5 Å². The lowest BCUT2D eigenvalue weighted by atomic mass is 10.0. The van der Waals surface area contributed by atoms with Crippen molar-refractivity contribution in [2.75, 3.05) is 23.4 Å². The molecule has 5 amide bonds. The standard InChI is InChI=1S/C29H27N3O6/c1-4-37-25-16-20(11-13-24(25)38-17-26(33)30-21-8-6-5-7-9-21)15-23-27(34)31-29(36)32(28(23)35)22-12-10-18(2)19(3)14-22/h5-16H,4,17H2,1-3H3,(H,30,33)(H,31,34,36)/b23-15+. The van der Waals surface area contributed by atoms with Crippen molar-refractivity contribution < 1.29 is 28.7 Å². The SMILES string of the molecule is CCOc1cc(/C=C2\C(=O)NC(=O)N(c3ccc(C)c(C)c3)C2=O)ccc1OCC(=O)Nc1ccccc1. The van der Waals surface area contributed by atoms with Gasteiger partial charge in [-0.1, -0.05) is 30.3 Å². The van der Waals surface area contributed by atoms with E-state index in [0.717, 1.165) is 16.0 Å². The summed E-state index contributed by atoms with van der Waals surface area (Å²) in [5.74, 6) is -1.22.